The minimum Gasteiger partial charge on any atom is -0.462 e. The summed E-state index contributed by atoms with van der Waals surface area (Å²) < 4.78 is 30.2. The number of carbonyl (C=O) groups excluding carboxylic acids is 1. The number of carbonyl (C=O) groups is 1. The Kier molecular flexibility index (Phi) is 4.85. The first-order valence-electron chi connectivity index (χ1n) is 4.28. The zero-order chi connectivity index (χ0) is 12.3. The van der Waals surface area contributed by atoms with Gasteiger partial charge in [-0.15, -0.1) is 0 Å². The van der Waals surface area contributed by atoms with E-state index in [2.05, 4.69) is 9.72 Å². The standard InChI is InChI=1S/C9H7ClF2INO2/c1-2-16-9(15)6-4(7(11)12)3-5(10)14-8(6)13/h3,7H,2H2,1H3. The molecule has 1 aromatic heterocycles. The summed E-state index contributed by atoms with van der Waals surface area (Å²) in [7, 11) is 0. The number of hydrogen-bond donors (Lipinski definition) is 0. The maximum absolute atomic E-state index is 12.7. The fraction of sp³-hybridized carbons (Fsp3) is 0.333. The molecule has 0 aliphatic heterocycles. The van der Waals surface area contributed by atoms with Gasteiger partial charge in [0.25, 0.3) is 6.43 Å². The van der Waals surface area contributed by atoms with Crippen LogP contribution in [0.2, 0.25) is 5.15 Å². The van der Waals surface area contributed by atoms with Gasteiger partial charge in [-0.2, -0.15) is 0 Å². The summed E-state index contributed by atoms with van der Waals surface area (Å²) in [5.41, 5.74) is -0.676. The summed E-state index contributed by atoms with van der Waals surface area (Å²) in [6.45, 7) is 1.70. The van der Waals surface area contributed by atoms with Gasteiger partial charge in [-0.1, -0.05) is 11.6 Å². The molecule has 0 radical (unpaired) electrons. The van der Waals surface area contributed by atoms with Crippen molar-refractivity contribution in [3.63, 3.8) is 0 Å². The summed E-state index contributed by atoms with van der Waals surface area (Å²) in [6.07, 6.45) is -2.80. The molecule has 0 amide bonds. The Labute approximate surface area is 109 Å². The van der Waals surface area contributed by atoms with Crippen molar-refractivity contribution < 1.29 is 18.3 Å². The van der Waals surface area contributed by atoms with Gasteiger partial charge in [-0.05, 0) is 35.6 Å². The molecule has 0 saturated heterocycles. The lowest BCUT2D eigenvalue weighted by Crippen LogP contribution is -2.12. The van der Waals surface area contributed by atoms with Crippen molar-refractivity contribution in [2.75, 3.05) is 6.61 Å². The van der Waals surface area contributed by atoms with Crippen molar-refractivity contribution >= 4 is 40.2 Å². The summed E-state index contributed by atoms with van der Waals surface area (Å²) >= 11 is 7.22. The van der Waals surface area contributed by atoms with Crippen LogP contribution in [0.15, 0.2) is 6.07 Å². The van der Waals surface area contributed by atoms with Crippen LogP contribution in [0.4, 0.5) is 8.78 Å². The van der Waals surface area contributed by atoms with Crippen LogP contribution in [0.5, 0.6) is 0 Å². The molecule has 0 saturated carbocycles. The smallest absolute Gasteiger partial charge is 0.341 e. The zero-order valence-electron chi connectivity index (χ0n) is 8.14. The molecular formula is C9H7ClF2INO2. The first-order valence-corrected chi connectivity index (χ1v) is 5.74. The van der Waals surface area contributed by atoms with E-state index in [0.29, 0.717) is 0 Å². The van der Waals surface area contributed by atoms with Gasteiger partial charge in [0.15, 0.2) is 0 Å². The maximum Gasteiger partial charge on any atom is 0.341 e. The third-order valence-electron chi connectivity index (χ3n) is 1.69. The molecule has 1 heterocycles. The molecule has 3 nitrogen and oxygen atoms in total. The first kappa shape index (κ1) is 13.6. The molecule has 7 heteroatoms. The Balaban J connectivity index is 3.29. The van der Waals surface area contributed by atoms with E-state index in [4.69, 9.17) is 11.6 Å². The highest BCUT2D eigenvalue weighted by Crippen LogP contribution is 2.28. The van der Waals surface area contributed by atoms with E-state index in [-0.39, 0.29) is 21.0 Å². The molecule has 88 valence electrons. The lowest BCUT2D eigenvalue weighted by molar-refractivity contribution is 0.0513. The van der Waals surface area contributed by atoms with E-state index < -0.39 is 18.0 Å². The largest absolute Gasteiger partial charge is 0.462 e. The van der Waals surface area contributed by atoms with Crippen LogP contribution < -0.4 is 0 Å². The summed E-state index contributed by atoms with van der Waals surface area (Å²) in [5.74, 6) is -0.814. The van der Waals surface area contributed by atoms with Crippen molar-refractivity contribution in [3.05, 3.63) is 26.0 Å². The molecule has 0 N–H and O–H groups in total. The highest BCUT2D eigenvalue weighted by atomic mass is 127. The monoisotopic (exact) mass is 361 g/mol. The Morgan fingerprint density at radius 1 is 1.69 bits per heavy atom. The molecule has 0 bridgehead atoms. The predicted octanol–water partition coefficient (Wildman–Crippen LogP) is 3.45. The van der Waals surface area contributed by atoms with E-state index in [0.717, 1.165) is 6.07 Å². The number of hydrogen-bond acceptors (Lipinski definition) is 3. The molecule has 0 atom stereocenters. The molecule has 0 aromatic carbocycles. The van der Waals surface area contributed by atoms with Crippen molar-refractivity contribution in [3.8, 4) is 0 Å². The normalized spacial score (nSPS) is 10.6. The number of rotatable bonds is 3. The molecule has 1 aromatic rings. The maximum atomic E-state index is 12.7. The van der Waals surface area contributed by atoms with Crippen LogP contribution in [-0.2, 0) is 4.74 Å². The zero-order valence-corrected chi connectivity index (χ0v) is 11.1. The second-order valence-corrected chi connectivity index (χ2v) is 4.13. The number of esters is 1. The van der Waals surface area contributed by atoms with Crippen molar-refractivity contribution in [1.29, 1.82) is 0 Å². The highest BCUT2D eigenvalue weighted by molar-refractivity contribution is 14.1. The van der Waals surface area contributed by atoms with Crippen LogP contribution >= 0.6 is 34.2 Å². The Morgan fingerprint density at radius 3 is 2.81 bits per heavy atom. The van der Waals surface area contributed by atoms with E-state index in [9.17, 15) is 13.6 Å². The molecule has 0 aliphatic carbocycles. The minimum absolute atomic E-state index is 0.0762. The second kappa shape index (κ2) is 5.72. The fourth-order valence-electron chi connectivity index (χ4n) is 1.08. The highest BCUT2D eigenvalue weighted by Gasteiger charge is 2.24. The average molecular weight is 362 g/mol. The molecule has 1 rings (SSSR count). The Morgan fingerprint density at radius 2 is 2.31 bits per heavy atom. The van der Waals surface area contributed by atoms with Gasteiger partial charge in [-0.25, -0.2) is 18.6 Å². The SMILES string of the molecule is CCOC(=O)c1c(C(F)F)cc(Cl)nc1I. The predicted molar refractivity (Wildman–Crippen MR) is 62.9 cm³/mol. The number of halogens is 4. The van der Waals surface area contributed by atoms with Crippen LogP contribution in [-0.4, -0.2) is 17.6 Å². The average Bonchev–Trinajstić information content (AvgIpc) is 2.16. The lowest BCUT2D eigenvalue weighted by atomic mass is 10.1. The van der Waals surface area contributed by atoms with Crippen molar-refractivity contribution in [2.45, 2.75) is 13.3 Å². The van der Waals surface area contributed by atoms with Gasteiger partial charge < -0.3 is 4.74 Å². The Hall–Kier alpha value is -0.500. The Bertz CT molecular complexity index is 415. The molecule has 16 heavy (non-hydrogen) atoms. The van der Waals surface area contributed by atoms with Gasteiger partial charge in [0.2, 0.25) is 0 Å². The number of alkyl halides is 2. The summed E-state index contributed by atoms with van der Waals surface area (Å²) in [6, 6.07) is 0.973. The summed E-state index contributed by atoms with van der Waals surface area (Å²) in [5, 5.41) is -0.0762. The van der Waals surface area contributed by atoms with Crippen LogP contribution in [0.3, 0.4) is 0 Å². The molecule has 0 spiro atoms. The van der Waals surface area contributed by atoms with E-state index in [1.807, 2.05) is 0 Å². The van der Waals surface area contributed by atoms with Gasteiger partial charge in [0.1, 0.15) is 14.4 Å². The summed E-state index contributed by atoms with van der Waals surface area (Å²) in [4.78, 5) is 15.2. The topological polar surface area (TPSA) is 39.2 Å². The molecule has 0 aliphatic rings. The van der Waals surface area contributed by atoms with Gasteiger partial charge in [0, 0.05) is 5.56 Å². The van der Waals surface area contributed by atoms with E-state index in [1.54, 1.807) is 29.5 Å². The van der Waals surface area contributed by atoms with Gasteiger partial charge in [0.05, 0.1) is 6.61 Å². The minimum atomic E-state index is -2.80. The quantitative estimate of drug-likeness (QED) is 0.470. The van der Waals surface area contributed by atoms with Crippen LogP contribution in [0.25, 0.3) is 0 Å². The molecular weight excluding hydrogens is 354 g/mol. The number of ether oxygens (including phenoxy) is 1. The van der Waals surface area contributed by atoms with Gasteiger partial charge in [-0.3, -0.25) is 0 Å². The second-order valence-electron chi connectivity index (χ2n) is 2.72. The number of pyridine rings is 1. The number of aromatic nitrogens is 1. The van der Waals surface area contributed by atoms with Crippen molar-refractivity contribution in [2.24, 2.45) is 0 Å². The van der Waals surface area contributed by atoms with E-state index >= 15 is 0 Å². The molecule has 0 fully saturated rings. The number of nitrogens with zero attached hydrogens (tertiary/aromatic N) is 1. The van der Waals surface area contributed by atoms with E-state index in [1.165, 1.54) is 0 Å². The fourth-order valence-corrected chi connectivity index (χ4v) is 2.22. The lowest BCUT2D eigenvalue weighted by Gasteiger charge is -2.09. The molecule has 0 unspecified atom stereocenters. The first-order chi connectivity index (χ1) is 7.47. The van der Waals surface area contributed by atoms with Crippen molar-refractivity contribution in [1.82, 2.24) is 4.98 Å². The van der Waals surface area contributed by atoms with Crippen LogP contribution in [0, 0.1) is 3.70 Å². The van der Waals surface area contributed by atoms with Gasteiger partial charge >= 0.3 is 5.97 Å². The third-order valence-corrected chi connectivity index (χ3v) is 2.66. The third kappa shape index (κ3) is 3.00. The van der Waals surface area contributed by atoms with Crippen LogP contribution in [0.1, 0.15) is 29.3 Å².